The van der Waals surface area contributed by atoms with Crippen LogP contribution in [0.3, 0.4) is 0 Å². The van der Waals surface area contributed by atoms with Gasteiger partial charge in [-0.2, -0.15) is 4.99 Å². The van der Waals surface area contributed by atoms with Crippen molar-refractivity contribution in [2.45, 2.75) is 116 Å². The highest BCUT2D eigenvalue weighted by atomic mass is 79.9. The van der Waals surface area contributed by atoms with Crippen LogP contribution in [0.2, 0.25) is 0 Å². The Morgan fingerprint density at radius 1 is 0.913 bits per heavy atom. The average molecular weight is 793 g/mol. The third-order valence-corrected chi connectivity index (χ3v) is 8.77. The number of unbranched alkanes of at least 4 members (excludes halogenated alkanes) is 12. The summed E-state index contributed by atoms with van der Waals surface area (Å²) in [5.41, 5.74) is 7.15. The molecule has 0 unspecified atom stereocenters. The number of amides is 2. The molecule has 1 aromatic rings. The third-order valence-electron chi connectivity index (χ3n) is 7.60. The van der Waals surface area contributed by atoms with E-state index in [1.807, 2.05) is 12.1 Å². The van der Waals surface area contributed by atoms with Crippen LogP contribution in [0.4, 0.5) is 0 Å². The van der Waals surface area contributed by atoms with Crippen molar-refractivity contribution < 1.29 is 37.3 Å². The molecule has 0 fully saturated rings. The predicted octanol–water partition coefficient (Wildman–Crippen LogP) is 3.19. The van der Waals surface area contributed by atoms with Crippen LogP contribution in [0.1, 0.15) is 115 Å². The van der Waals surface area contributed by atoms with Crippen LogP contribution in [0.5, 0.6) is 5.75 Å². The summed E-state index contributed by atoms with van der Waals surface area (Å²) in [5, 5.41) is 20.1. The van der Waals surface area contributed by atoms with Crippen LogP contribution in [0.25, 0.3) is 0 Å². The number of hydrogen-bond acceptors (Lipinski definition) is 7. The van der Waals surface area contributed by atoms with E-state index >= 15 is 0 Å². The summed E-state index contributed by atoms with van der Waals surface area (Å²) in [5.74, 6) is 0.716. The SMILES string of the molecule is CCCCCCCCCCCCCCCC(=O)NCCCOc1c(Br)cc(CC(=NO)C(=O)NCCC2=C[NH2+]C(N)=N2)cc1Br.[Cl-]. The molecule has 46 heavy (non-hydrogen) atoms. The minimum absolute atomic E-state index is 0. The van der Waals surface area contributed by atoms with Crippen molar-refractivity contribution in [3.05, 3.63) is 38.5 Å². The second-order valence-corrected chi connectivity index (χ2v) is 13.2. The monoisotopic (exact) mass is 790 g/mol. The fourth-order valence-electron chi connectivity index (χ4n) is 5.04. The Morgan fingerprint density at radius 3 is 2.04 bits per heavy atom. The molecule has 0 aliphatic carbocycles. The Kier molecular flexibility index (Phi) is 23.6. The zero-order valence-corrected chi connectivity index (χ0v) is 31.2. The van der Waals surface area contributed by atoms with E-state index < -0.39 is 5.91 Å². The van der Waals surface area contributed by atoms with Crippen molar-refractivity contribution in [1.29, 1.82) is 0 Å². The van der Waals surface area contributed by atoms with E-state index in [1.165, 1.54) is 70.6 Å². The molecule has 0 aromatic heterocycles. The minimum atomic E-state index is -0.458. The second kappa shape index (κ2) is 25.9. The molecule has 1 heterocycles. The number of aliphatic imine (C=N–C) groups is 1. The number of benzene rings is 1. The summed E-state index contributed by atoms with van der Waals surface area (Å²) in [6, 6.07) is 3.65. The summed E-state index contributed by atoms with van der Waals surface area (Å²) in [6.45, 7) is 3.60. The topological polar surface area (TPSA) is 155 Å². The maximum atomic E-state index is 12.5. The number of oxime groups is 1. The van der Waals surface area contributed by atoms with Gasteiger partial charge in [0.2, 0.25) is 5.91 Å². The Balaban J connectivity index is 0.0000106. The van der Waals surface area contributed by atoms with E-state index in [2.05, 4.69) is 59.6 Å². The van der Waals surface area contributed by atoms with Gasteiger partial charge in [-0.1, -0.05) is 89.1 Å². The summed E-state index contributed by atoms with van der Waals surface area (Å²) in [6.07, 6.45) is 20.5. The zero-order chi connectivity index (χ0) is 32.7. The lowest BCUT2D eigenvalue weighted by molar-refractivity contribution is -0.460. The Morgan fingerprint density at radius 2 is 1.50 bits per heavy atom. The van der Waals surface area contributed by atoms with E-state index in [0.29, 0.717) is 59.6 Å². The number of carbonyl (C=O) groups excluding carboxylic acids is 2. The smallest absolute Gasteiger partial charge is 0.301 e. The van der Waals surface area contributed by atoms with Crippen LogP contribution in [0, 0.1) is 0 Å². The zero-order valence-electron chi connectivity index (χ0n) is 27.2. The van der Waals surface area contributed by atoms with Crippen molar-refractivity contribution in [2.24, 2.45) is 15.9 Å². The quantitative estimate of drug-likeness (QED) is 0.0446. The molecular weight excluding hydrogens is 740 g/mol. The third kappa shape index (κ3) is 18.3. The average Bonchev–Trinajstić information content (AvgIpc) is 3.43. The number of rotatable bonds is 25. The molecule has 0 atom stereocenters. The minimum Gasteiger partial charge on any atom is -1.00 e. The van der Waals surface area contributed by atoms with Crippen LogP contribution in [-0.2, 0) is 16.0 Å². The van der Waals surface area contributed by atoms with Gasteiger partial charge in [0.15, 0.2) is 0 Å². The van der Waals surface area contributed by atoms with Crippen LogP contribution in [0.15, 0.2) is 43.1 Å². The molecule has 2 amide bonds. The fraction of sp³-hybridized carbons (Fsp3) is 0.636. The number of ether oxygens (including phenoxy) is 1. The van der Waals surface area contributed by atoms with Crippen molar-refractivity contribution in [1.82, 2.24) is 10.6 Å². The van der Waals surface area contributed by atoms with Gasteiger partial charge < -0.3 is 38.7 Å². The second-order valence-electron chi connectivity index (χ2n) is 11.5. The highest BCUT2D eigenvalue weighted by Crippen LogP contribution is 2.35. The standard InChI is InChI=1S/C33H52Br2N6O4.ClH/c1-2-3-4-5-6-7-8-9-10-11-12-13-14-16-30(42)37-18-15-20-45-31-27(34)21-25(22-28(31)35)23-29(41-44)32(43)38-19-17-26-24-39-33(36)40-26;/h21-22,24,44H,2-20,23H2,1H3,(H,37,42)(H,38,43)(H3,36,39,40);1H. The normalized spacial score (nSPS) is 12.7. The van der Waals surface area contributed by atoms with Gasteiger partial charge >= 0.3 is 5.96 Å². The molecule has 0 saturated heterocycles. The summed E-state index contributed by atoms with van der Waals surface area (Å²) in [4.78, 5) is 28.8. The van der Waals surface area contributed by atoms with Crippen LogP contribution < -0.4 is 38.8 Å². The number of nitrogens with two attached hydrogens (primary N) is 2. The molecule has 260 valence electrons. The molecular formula is C33H53Br2ClN6O4. The van der Waals surface area contributed by atoms with E-state index in [-0.39, 0.29) is 30.4 Å². The lowest BCUT2D eigenvalue weighted by atomic mass is 10.0. The number of nitrogens with one attached hydrogen (secondary N) is 2. The molecule has 0 radical (unpaired) electrons. The van der Waals surface area contributed by atoms with Crippen molar-refractivity contribution in [3.63, 3.8) is 0 Å². The molecule has 10 nitrogen and oxygen atoms in total. The molecule has 1 aliphatic rings. The van der Waals surface area contributed by atoms with E-state index in [1.54, 1.807) is 11.5 Å². The van der Waals surface area contributed by atoms with Gasteiger partial charge in [-0.25, -0.2) is 0 Å². The lowest BCUT2D eigenvalue weighted by Crippen LogP contribution is -3.00. The fourth-order valence-corrected chi connectivity index (χ4v) is 6.55. The molecule has 1 aliphatic heterocycles. The van der Waals surface area contributed by atoms with Gasteiger partial charge in [-0.3, -0.25) is 14.9 Å². The highest BCUT2D eigenvalue weighted by molar-refractivity contribution is 9.11. The molecule has 0 saturated carbocycles. The number of hydrogen-bond donors (Lipinski definition) is 5. The van der Waals surface area contributed by atoms with Gasteiger partial charge in [-0.15, -0.1) is 0 Å². The first-order valence-corrected chi connectivity index (χ1v) is 18.2. The first-order chi connectivity index (χ1) is 21.8. The number of quaternary nitrogens is 1. The largest absolute Gasteiger partial charge is 1.00 e. The molecule has 1 aromatic carbocycles. The van der Waals surface area contributed by atoms with Crippen molar-refractivity contribution in [3.8, 4) is 5.75 Å². The number of halogens is 3. The van der Waals surface area contributed by atoms with Gasteiger partial charge in [0.1, 0.15) is 23.4 Å². The molecule has 2 rings (SSSR count). The van der Waals surface area contributed by atoms with Gasteiger partial charge in [0.05, 0.1) is 15.6 Å². The first kappa shape index (κ1) is 41.9. The molecule has 0 spiro atoms. The maximum Gasteiger partial charge on any atom is 0.301 e. The number of nitrogens with zero attached hydrogens (tertiary/aromatic N) is 2. The van der Waals surface area contributed by atoms with Crippen LogP contribution >= 0.6 is 31.9 Å². The van der Waals surface area contributed by atoms with Gasteiger partial charge in [-0.05, 0) is 62.4 Å². The Bertz CT molecular complexity index is 1130. The Labute approximate surface area is 297 Å². The molecule has 13 heteroatoms. The summed E-state index contributed by atoms with van der Waals surface area (Å²) >= 11 is 7.07. The molecule has 7 N–H and O–H groups in total. The number of carbonyl (C=O) groups is 2. The van der Waals surface area contributed by atoms with Gasteiger partial charge in [0.25, 0.3) is 5.91 Å². The maximum absolute atomic E-state index is 12.5. The number of guanidine groups is 1. The highest BCUT2D eigenvalue weighted by Gasteiger charge is 2.17. The molecule has 0 bridgehead atoms. The predicted molar refractivity (Wildman–Crippen MR) is 187 cm³/mol. The van der Waals surface area contributed by atoms with Gasteiger partial charge in [0, 0.05) is 32.4 Å². The van der Waals surface area contributed by atoms with E-state index in [4.69, 9.17) is 10.5 Å². The Hall–Kier alpha value is -2.15. The lowest BCUT2D eigenvalue weighted by Gasteiger charge is -2.13. The van der Waals surface area contributed by atoms with Crippen LogP contribution in [-0.4, -0.2) is 48.4 Å². The first-order valence-electron chi connectivity index (χ1n) is 16.6. The van der Waals surface area contributed by atoms with E-state index in [9.17, 15) is 14.8 Å². The van der Waals surface area contributed by atoms with E-state index in [0.717, 1.165) is 24.1 Å². The summed E-state index contributed by atoms with van der Waals surface area (Å²) < 4.78 is 7.35. The van der Waals surface area contributed by atoms with Crippen molar-refractivity contribution >= 4 is 55.3 Å². The van der Waals surface area contributed by atoms with Crippen molar-refractivity contribution in [2.75, 3.05) is 19.7 Å². The summed E-state index contributed by atoms with van der Waals surface area (Å²) in [7, 11) is 0.